The van der Waals surface area contributed by atoms with Gasteiger partial charge in [-0.3, -0.25) is 9.59 Å². The van der Waals surface area contributed by atoms with E-state index in [1.807, 2.05) is 0 Å². The molecule has 29 heavy (non-hydrogen) atoms. The minimum Gasteiger partial charge on any atom is -0.325 e. The largest absolute Gasteiger partial charge is 0.325 e. The summed E-state index contributed by atoms with van der Waals surface area (Å²) < 4.78 is 2.08. The van der Waals surface area contributed by atoms with Crippen LogP contribution in [-0.4, -0.2) is 32.2 Å². The lowest BCUT2D eigenvalue weighted by atomic mass is 10.1. The van der Waals surface area contributed by atoms with Crippen molar-refractivity contribution in [1.29, 1.82) is 0 Å². The Kier molecular flexibility index (Phi) is 7.22. The average molecular weight is 429 g/mol. The van der Waals surface area contributed by atoms with Gasteiger partial charge in [-0.1, -0.05) is 25.6 Å². The molecule has 1 N–H and O–H groups in total. The average Bonchev–Trinajstić information content (AvgIpc) is 3.34. The molecule has 1 amide bonds. The van der Waals surface area contributed by atoms with Gasteiger partial charge in [0, 0.05) is 33.6 Å². The van der Waals surface area contributed by atoms with E-state index in [0.29, 0.717) is 11.3 Å². The highest BCUT2D eigenvalue weighted by atomic mass is 32.2. The number of rotatable bonds is 9. The molecule has 152 valence electrons. The summed E-state index contributed by atoms with van der Waals surface area (Å²) in [6, 6.07) is 9.05. The van der Waals surface area contributed by atoms with Crippen molar-refractivity contribution in [3.63, 3.8) is 0 Å². The minimum absolute atomic E-state index is 0.00109. The third-order valence-electron chi connectivity index (χ3n) is 4.33. The van der Waals surface area contributed by atoms with Crippen LogP contribution in [0.15, 0.2) is 40.9 Å². The molecule has 1 aromatic carbocycles. The van der Waals surface area contributed by atoms with Crippen molar-refractivity contribution in [3.05, 3.63) is 46.2 Å². The standard InChI is InChI=1S/C21H24N4O2S2/c1-4-10-25-20(16-11-18(5-2)28-12-16)23-24-21(25)29-13-19(27)22-17-8-6-15(7-9-17)14(3)26/h6-9,11-12H,4-5,10,13H2,1-3H3,(H,22,27). The molecule has 0 aliphatic heterocycles. The van der Waals surface area contributed by atoms with Crippen LogP contribution in [0, 0.1) is 0 Å². The Labute approximate surface area is 178 Å². The van der Waals surface area contributed by atoms with Crippen LogP contribution >= 0.6 is 23.1 Å². The molecule has 0 fully saturated rings. The lowest BCUT2D eigenvalue weighted by molar-refractivity contribution is -0.113. The zero-order valence-corrected chi connectivity index (χ0v) is 18.4. The highest BCUT2D eigenvalue weighted by Gasteiger charge is 2.16. The fourth-order valence-electron chi connectivity index (χ4n) is 2.83. The molecule has 0 aliphatic rings. The summed E-state index contributed by atoms with van der Waals surface area (Å²) in [5.41, 5.74) is 2.37. The molecule has 2 aromatic heterocycles. The molecule has 2 heterocycles. The molecule has 3 rings (SSSR count). The lowest BCUT2D eigenvalue weighted by Crippen LogP contribution is -2.14. The first-order valence-corrected chi connectivity index (χ1v) is 11.4. The van der Waals surface area contributed by atoms with Gasteiger partial charge in [0.25, 0.3) is 0 Å². The number of anilines is 1. The van der Waals surface area contributed by atoms with Crippen LogP contribution in [0.1, 0.15) is 42.4 Å². The summed E-state index contributed by atoms with van der Waals surface area (Å²) in [7, 11) is 0. The topological polar surface area (TPSA) is 76.9 Å². The number of aromatic nitrogens is 3. The van der Waals surface area contributed by atoms with Gasteiger partial charge in [0.05, 0.1) is 5.75 Å². The number of ketones is 1. The Morgan fingerprint density at radius 3 is 2.55 bits per heavy atom. The highest BCUT2D eigenvalue weighted by Crippen LogP contribution is 2.28. The van der Waals surface area contributed by atoms with E-state index in [4.69, 9.17) is 0 Å². The number of thioether (sulfide) groups is 1. The van der Waals surface area contributed by atoms with Crippen LogP contribution in [0.2, 0.25) is 0 Å². The Morgan fingerprint density at radius 1 is 1.17 bits per heavy atom. The number of hydrogen-bond donors (Lipinski definition) is 1. The summed E-state index contributed by atoms with van der Waals surface area (Å²) in [6.07, 6.45) is 1.96. The van der Waals surface area contributed by atoms with E-state index in [-0.39, 0.29) is 17.4 Å². The molecule has 0 radical (unpaired) electrons. The van der Waals surface area contributed by atoms with Crippen molar-refractivity contribution in [1.82, 2.24) is 14.8 Å². The fraction of sp³-hybridized carbons (Fsp3) is 0.333. The molecule has 0 spiro atoms. The number of hydrogen-bond acceptors (Lipinski definition) is 6. The van der Waals surface area contributed by atoms with Gasteiger partial charge < -0.3 is 9.88 Å². The monoisotopic (exact) mass is 428 g/mol. The maximum absolute atomic E-state index is 12.3. The number of aryl methyl sites for hydroxylation is 1. The van der Waals surface area contributed by atoms with Crippen molar-refractivity contribution in [2.45, 2.75) is 45.3 Å². The summed E-state index contributed by atoms with van der Waals surface area (Å²) in [5, 5.41) is 14.4. The third kappa shape index (κ3) is 5.33. The second kappa shape index (κ2) is 9.84. The first-order chi connectivity index (χ1) is 14.0. The third-order valence-corrected chi connectivity index (χ3v) is 6.38. The second-order valence-electron chi connectivity index (χ2n) is 6.58. The molecule has 0 saturated carbocycles. The van der Waals surface area contributed by atoms with Crippen LogP contribution in [0.25, 0.3) is 11.4 Å². The normalized spacial score (nSPS) is 10.9. The van der Waals surface area contributed by atoms with Crippen molar-refractivity contribution < 1.29 is 9.59 Å². The molecular weight excluding hydrogens is 404 g/mol. The van der Waals surface area contributed by atoms with E-state index < -0.39 is 0 Å². The predicted molar refractivity (Wildman–Crippen MR) is 119 cm³/mol. The van der Waals surface area contributed by atoms with E-state index in [9.17, 15) is 9.59 Å². The number of Topliss-reactive ketones (excluding diaryl/α,β-unsaturated/α-hetero) is 1. The number of carbonyl (C=O) groups excluding carboxylic acids is 2. The van der Waals surface area contributed by atoms with Crippen LogP contribution in [0.5, 0.6) is 0 Å². The molecule has 0 saturated heterocycles. The Hall–Kier alpha value is -2.45. The van der Waals surface area contributed by atoms with Crippen molar-refractivity contribution in [2.24, 2.45) is 0 Å². The Balaban J connectivity index is 1.66. The van der Waals surface area contributed by atoms with Crippen molar-refractivity contribution in [3.8, 4) is 11.4 Å². The van der Waals surface area contributed by atoms with Crippen molar-refractivity contribution >= 4 is 40.5 Å². The molecule has 3 aromatic rings. The van der Waals surface area contributed by atoms with Crippen LogP contribution in [0.3, 0.4) is 0 Å². The number of thiophene rings is 1. The van der Waals surface area contributed by atoms with Gasteiger partial charge in [-0.05, 0) is 50.1 Å². The van der Waals surface area contributed by atoms with Crippen LogP contribution in [-0.2, 0) is 17.8 Å². The molecule has 0 unspecified atom stereocenters. The maximum Gasteiger partial charge on any atom is 0.234 e. The van der Waals surface area contributed by atoms with E-state index in [1.54, 1.807) is 35.6 Å². The fourth-order valence-corrected chi connectivity index (χ4v) is 4.41. The number of amides is 1. The van der Waals surface area contributed by atoms with Gasteiger partial charge in [0.15, 0.2) is 16.8 Å². The zero-order valence-electron chi connectivity index (χ0n) is 16.8. The second-order valence-corrected chi connectivity index (χ2v) is 8.52. The minimum atomic E-state index is -0.123. The van der Waals surface area contributed by atoms with Gasteiger partial charge in [0.2, 0.25) is 5.91 Å². The van der Waals surface area contributed by atoms with Crippen molar-refractivity contribution in [2.75, 3.05) is 11.1 Å². The molecule has 8 heteroatoms. The smallest absolute Gasteiger partial charge is 0.234 e. The van der Waals surface area contributed by atoms with Gasteiger partial charge in [-0.25, -0.2) is 0 Å². The first kappa shape index (κ1) is 21.3. The summed E-state index contributed by atoms with van der Waals surface area (Å²) >= 11 is 3.11. The van der Waals surface area contributed by atoms with Gasteiger partial charge in [0.1, 0.15) is 0 Å². The van der Waals surface area contributed by atoms with Gasteiger partial charge in [-0.2, -0.15) is 0 Å². The first-order valence-electron chi connectivity index (χ1n) is 9.56. The number of benzene rings is 1. The maximum atomic E-state index is 12.3. The number of nitrogens with zero attached hydrogens (tertiary/aromatic N) is 3. The van der Waals surface area contributed by atoms with E-state index in [0.717, 1.165) is 35.9 Å². The van der Waals surface area contributed by atoms with Crippen LogP contribution < -0.4 is 5.32 Å². The lowest BCUT2D eigenvalue weighted by Gasteiger charge is -2.08. The van der Waals surface area contributed by atoms with E-state index in [1.165, 1.54) is 23.6 Å². The summed E-state index contributed by atoms with van der Waals surface area (Å²) in [5.74, 6) is 0.967. The van der Waals surface area contributed by atoms with Gasteiger partial charge in [-0.15, -0.1) is 21.5 Å². The molecule has 0 aliphatic carbocycles. The molecule has 0 bridgehead atoms. The summed E-state index contributed by atoms with van der Waals surface area (Å²) in [4.78, 5) is 25.0. The quantitative estimate of drug-likeness (QED) is 0.387. The van der Waals surface area contributed by atoms with E-state index >= 15 is 0 Å². The molecule has 6 nitrogen and oxygen atoms in total. The number of carbonyl (C=O) groups is 2. The Bertz CT molecular complexity index is 993. The zero-order chi connectivity index (χ0) is 20.8. The molecular formula is C21H24N4O2S2. The SMILES string of the molecule is CCCn1c(SCC(=O)Nc2ccc(C(C)=O)cc2)nnc1-c1csc(CC)c1. The number of nitrogens with one attached hydrogen (secondary N) is 1. The van der Waals surface area contributed by atoms with E-state index in [2.05, 4.69) is 45.4 Å². The van der Waals surface area contributed by atoms with Crippen LogP contribution in [0.4, 0.5) is 5.69 Å². The molecule has 0 atom stereocenters. The summed E-state index contributed by atoms with van der Waals surface area (Å²) in [6.45, 7) is 6.57. The van der Waals surface area contributed by atoms with Gasteiger partial charge >= 0.3 is 0 Å². The predicted octanol–water partition coefficient (Wildman–Crippen LogP) is 4.91. The Morgan fingerprint density at radius 2 is 1.93 bits per heavy atom. The highest BCUT2D eigenvalue weighted by molar-refractivity contribution is 7.99.